The number of aromatic nitrogens is 1. The smallest absolute Gasteiger partial charge is 0.326 e. The Bertz CT molecular complexity index is 496. The van der Waals surface area contributed by atoms with Crippen molar-refractivity contribution in [3.8, 4) is 0 Å². The highest BCUT2D eigenvalue weighted by Gasteiger charge is 2.25. The summed E-state index contributed by atoms with van der Waals surface area (Å²) in [4.78, 5) is 37.4. The van der Waals surface area contributed by atoms with Crippen LogP contribution in [0.4, 0.5) is 0 Å². The predicted octanol–water partition coefficient (Wildman–Crippen LogP) is 0.418. The highest BCUT2D eigenvalue weighted by Crippen LogP contribution is 2.17. The van der Waals surface area contributed by atoms with Crippen molar-refractivity contribution >= 4 is 29.2 Å². The van der Waals surface area contributed by atoms with Gasteiger partial charge in [-0.1, -0.05) is 0 Å². The van der Waals surface area contributed by atoms with Gasteiger partial charge in [0.05, 0.1) is 17.1 Å². The van der Waals surface area contributed by atoms with E-state index in [1.165, 1.54) is 0 Å². The zero-order valence-electron chi connectivity index (χ0n) is 9.76. The predicted molar refractivity (Wildman–Crippen MR) is 62.7 cm³/mol. The molecule has 1 atom stereocenters. The summed E-state index contributed by atoms with van der Waals surface area (Å²) in [6, 6.07) is -1.45. The summed E-state index contributed by atoms with van der Waals surface area (Å²) in [6.45, 7) is 3.35. The number of nitrogens with zero attached hydrogens (tertiary/aromatic N) is 1. The summed E-state index contributed by atoms with van der Waals surface area (Å²) in [6.07, 6.45) is -0.669. The van der Waals surface area contributed by atoms with Crippen molar-refractivity contribution in [1.29, 1.82) is 0 Å². The van der Waals surface area contributed by atoms with Crippen LogP contribution in [-0.2, 0) is 9.59 Å². The lowest BCUT2D eigenvalue weighted by molar-refractivity contribution is -0.145. The minimum absolute atomic E-state index is 0.295. The molecule has 0 bridgehead atoms. The molecule has 1 aromatic heterocycles. The van der Waals surface area contributed by atoms with Gasteiger partial charge in [0, 0.05) is 0 Å². The van der Waals surface area contributed by atoms with E-state index in [4.69, 9.17) is 10.2 Å². The summed E-state index contributed by atoms with van der Waals surface area (Å²) in [5.41, 5.74) is 0.495. The number of hydrogen-bond donors (Lipinski definition) is 3. The Kier molecular flexibility index (Phi) is 4.38. The summed E-state index contributed by atoms with van der Waals surface area (Å²) in [7, 11) is 0. The van der Waals surface area contributed by atoms with Crippen LogP contribution in [0.2, 0.25) is 0 Å². The second-order valence-corrected chi connectivity index (χ2v) is 4.81. The van der Waals surface area contributed by atoms with Crippen molar-refractivity contribution in [1.82, 2.24) is 10.3 Å². The molecule has 7 nitrogen and oxygen atoms in total. The van der Waals surface area contributed by atoms with Crippen molar-refractivity contribution in [3.05, 3.63) is 15.6 Å². The van der Waals surface area contributed by atoms with Crippen molar-refractivity contribution in [2.45, 2.75) is 26.3 Å². The van der Waals surface area contributed by atoms with Crippen molar-refractivity contribution in [2.24, 2.45) is 0 Å². The number of nitrogens with one attached hydrogen (secondary N) is 1. The first kappa shape index (κ1) is 14.1. The maximum absolute atomic E-state index is 11.8. The first-order chi connectivity index (χ1) is 8.31. The SMILES string of the molecule is Cc1nc(C)c(C(=O)N[C@@H](CC(=O)O)C(=O)O)s1. The standard InChI is InChI=1S/C10H12N2O5S/c1-4-8(18-5(2)11-4)9(15)12-6(10(16)17)3-7(13)14/h6H,3H2,1-2H3,(H,12,15)(H,13,14)(H,16,17)/t6-/m0/s1. The van der Waals surface area contributed by atoms with Crippen LogP contribution >= 0.6 is 11.3 Å². The molecule has 0 aromatic carbocycles. The van der Waals surface area contributed by atoms with Crippen LogP contribution in [-0.4, -0.2) is 39.1 Å². The molecular formula is C10H12N2O5S. The molecule has 0 aliphatic rings. The van der Waals surface area contributed by atoms with E-state index in [0.717, 1.165) is 11.3 Å². The van der Waals surface area contributed by atoms with Crippen LogP contribution in [0.3, 0.4) is 0 Å². The number of carbonyl (C=O) groups is 3. The monoisotopic (exact) mass is 272 g/mol. The summed E-state index contributed by atoms with van der Waals surface area (Å²) in [5, 5.41) is 20.2. The molecule has 1 heterocycles. The van der Waals surface area contributed by atoms with Gasteiger partial charge in [0.15, 0.2) is 0 Å². The van der Waals surface area contributed by atoms with Gasteiger partial charge in [0.1, 0.15) is 10.9 Å². The van der Waals surface area contributed by atoms with Crippen LogP contribution in [0.5, 0.6) is 0 Å². The first-order valence-electron chi connectivity index (χ1n) is 5.00. The van der Waals surface area contributed by atoms with E-state index in [9.17, 15) is 14.4 Å². The molecule has 8 heteroatoms. The molecule has 0 saturated heterocycles. The minimum atomic E-state index is -1.45. The van der Waals surface area contributed by atoms with Crippen LogP contribution in [0.25, 0.3) is 0 Å². The molecule has 0 spiro atoms. The van der Waals surface area contributed by atoms with Crippen molar-refractivity contribution < 1.29 is 24.6 Å². The molecule has 98 valence electrons. The van der Waals surface area contributed by atoms with Gasteiger partial charge in [-0.2, -0.15) is 0 Å². The second kappa shape index (κ2) is 5.58. The van der Waals surface area contributed by atoms with E-state index in [1.54, 1.807) is 13.8 Å². The molecule has 0 fully saturated rings. The Morgan fingerprint density at radius 2 is 1.94 bits per heavy atom. The Morgan fingerprint density at radius 1 is 1.33 bits per heavy atom. The number of carboxylic acid groups (broad SMARTS) is 2. The summed E-state index contributed by atoms with van der Waals surface area (Å²) in [5.74, 6) is -3.30. The molecule has 0 saturated carbocycles. The third-order valence-corrected chi connectivity index (χ3v) is 3.16. The largest absolute Gasteiger partial charge is 0.481 e. The van der Waals surface area contributed by atoms with Gasteiger partial charge in [-0.3, -0.25) is 9.59 Å². The molecule has 0 unspecified atom stereocenters. The Morgan fingerprint density at radius 3 is 2.33 bits per heavy atom. The molecule has 0 aliphatic heterocycles. The maximum Gasteiger partial charge on any atom is 0.326 e. The van der Waals surface area contributed by atoms with Crippen molar-refractivity contribution in [2.75, 3.05) is 0 Å². The highest BCUT2D eigenvalue weighted by atomic mass is 32.1. The number of carboxylic acids is 2. The minimum Gasteiger partial charge on any atom is -0.481 e. The third-order valence-electron chi connectivity index (χ3n) is 2.09. The molecular weight excluding hydrogens is 260 g/mol. The quantitative estimate of drug-likeness (QED) is 0.715. The number of amides is 1. The second-order valence-electron chi connectivity index (χ2n) is 3.61. The Labute approximate surface area is 106 Å². The normalized spacial score (nSPS) is 11.9. The van der Waals surface area contributed by atoms with Crippen LogP contribution in [0.1, 0.15) is 26.8 Å². The average Bonchev–Trinajstić information content (AvgIpc) is 2.56. The number of carbonyl (C=O) groups excluding carboxylic acids is 1. The average molecular weight is 272 g/mol. The Balaban J connectivity index is 2.81. The number of thiazole rings is 1. The zero-order valence-corrected chi connectivity index (χ0v) is 10.6. The fraction of sp³-hybridized carbons (Fsp3) is 0.400. The molecule has 18 heavy (non-hydrogen) atoms. The van der Waals surface area contributed by atoms with Crippen LogP contribution in [0.15, 0.2) is 0 Å². The van der Waals surface area contributed by atoms with E-state index in [-0.39, 0.29) is 0 Å². The zero-order chi connectivity index (χ0) is 13.9. The third kappa shape index (κ3) is 3.52. The summed E-state index contributed by atoms with van der Waals surface area (Å²) < 4.78 is 0. The van der Waals surface area contributed by atoms with Gasteiger partial charge in [0.2, 0.25) is 0 Å². The summed E-state index contributed by atoms with van der Waals surface area (Å²) >= 11 is 1.13. The van der Waals surface area contributed by atoms with E-state index in [1.807, 2.05) is 0 Å². The molecule has 3 N–H and O–H groups in total. The van der Waals surface area contributed by atoms with Crippen LogP contribution < -0.4 is 5.32 Å². The van der Waals surface area contributed by atoms with Gasteiger partial charge < -0.3 is 15.5 Å². The van der Waals surface area contributed by atoms with E-state index in [0.29, 0.717) is 15.6 Å². The number of rotatable bonds is 5. The van der Waals surface area contributed by atoms with Crippen LogP contribution in [0, 0.1) is 13.8 Å². The molecule has 1 amide bonds. The lowest BCUT2D eigenvalue weighted by Gasteiger charge is -2.11. The fourth-order valence-corrected chi connectivity index (χ4v) is 2.16. The topological polar surface area (TPSA) is 117 Å². The van der Waals surface area contributed by atoms with Gasteiger partial charge in [-0.25, -0.2) is 9.78 Å². The van der Waals surface area contributed by atoms with Gasteiger partial charge in [-0.05, 0) is 13.8 Å². The lowest BCUT2D eigenvalue weighted by atomic mass is 10.2. The maximum atomic E-state index is 11.8. The molecule has 0 radical (unpaired) electrons. The van der Waals surface area contributed by atoms with Crippen molar-refractivity contribution in [3.63, 3.8) is 0 Å². The number of aliphatic carboxylic acids is 2. The first-order valence-corrected chi connectivity index (χ1v) is 5.82. The molecule has 1 rings (SSSR count). The lowest BCUT2D eigenvalue weighted by Crippen LogP contribution is -2.42. The Hall–Kier alpha value is -1.96. The molecule has 1 aromatic rings. The highest BCUT2D eigenvalue weighted by molar-refractivity contribution is 7.13. The van der Waals surface area contributed by atoms with E-state index >= 15 is 0 Å². The molecule has 0 aliphatic carbocycles. The van der Waals surface area contributed by atoms with Gasteiger partial charge >= 0.3 is 11.9 Å². The van der Waals surface area contributed by atoms with E-state index in [2.05, 4.69) is 10.3 Å². The van der Waals surface area contributed by atoms with Gasteiger partial charge in [-0.15, -0.1) is 11.3 Å². The number of hydrogen-bond acceptors (Lipinski definition) is 5. The fourth-order valence-electron chi connectivity index (χ4n) is 1.34. The van der Waals surface area contributed by atoms with Gasteiger partial charge in [0.25, 0.3) is 5.91 Å². The van der Waals surface area contributed by atoms with E-state index < -0.39 is 30.3 Å². The number of aryl methyl sites for hydroxylation is 2.